The summed E-state index contributed by atoms with van der Waals surface area (Å²) < 4.78 is 27.3. The topological polar surface area (TPSA) is 52.2 Å². The van der Waals surface area contributed by atoms with Crippen molar-refractivity contribution in [3.05, 3.63) is 71.4 Å². The largest absolute Gasteiger partial charge is 0.361 e. The first-order valence-electron chi connectivity index (χ1n) is 8.61. The number of aliphatic imine (C=N–C) groups is 1. The minimum Gasteiger partial charge on any atom is -0.361 e. The zero-order chi connectivity index (χ0) is 18.4. The Morgan fingerprint density at radius 2 is 1.63 bits per heavy atom. The minimum absolute atomic E-state index is 0. The molecular formula is C20H23F2IN4. The molecule has 0 fully saturated rings. The molecule has 1 aromatic heterocycles. The summed E-state index contributed by atoms with van der Waals surface area (Å²) in [5, 5.41) is 7.53. The number of halogens is 3. The molecule has 3 N–H and O–H groups in total. The Morgan fingerprint density at radius 3 is 2.33 bits per heavy atom. The van der Waals surface area contributed by atoms with Gasteiger partial charge in [0.05, 0.1) is 0 Å². The smallest absolute Gasteiger partial charge is 0.190 e. The van der Waals surface area contributed by atoms with Crippen LogP contribution in [0.2, 0.25) is 0 Å². The number of guanidine groups is 1. The molecule has 0 aliphatic rings. The lowest BCUT2D eigenvalue weighted by Crippen LogP contribution is -2.39. The molecule has 0 amide bonds. The van der Waals surface area contributed by atoms with Crippen LogP contribution in [0.15, 0.2) is 53.7 Å². The Balaban J connectivity index is 0.00000261. The molecule has 7 heteroatoms. The molecule has 0 unspecified atom stereocenters. The Hall–Kier alpha value is -2.16. The maximum Gasteiger partial charge on any atom is 0.190 e. The molecule has 144 valence electrons. The second kappa shape index (κ2) is 10.2. The van der Waals surface area contributed by atoms with E-state index in [0.29, 0.717) is 19.0 Å². The van der Waals surface area contributed by atoms with Crippen molar-refractivity contribution >= 4 is 40.8 Å². The molecule has 0 atom stereocenters. The SMILES string of the molecule is CN=C(NCCc1c(F)cccc1F)NCCc1c[nH]c2ccccc12.I. The molecule has 1 heterocycles. The maximum atomic E-state index is 13.6. The number of nitrogens with zero attached hydrogens (tertiary/aromatic N) is 1. The third kappa shape index (κ3) is 5.41. The Labute approximate surface area is 174 Å². The number of H-pyrrole nitrogens is 1. The van der Waals surface area contributed by atoms with E-state index >= 15 is 0 Å². The van der Waals surface area contributed by atoms with E-state index in [4.69, 9.17) is 0 Å². The fraction of sp³-hybridized carbons (Fsp3) is 0.250. The van der Waals surface area contributed by atoms with E-state index in [0.717, 1.165) is 11.9 Å². The Morgan fingerprint density at radius 1 is 0.963 bits per heavy atom. The highest BCUT2D eigenvalue weighted by molar-refractivity contribution is 14.0. The van der Waals surface area contributed by atoms with Gasteiger partial charge in [-0.25, -0.2) is 8.78 Å². The van der Waals surface area contributed by atoms with E-state index < -0.39 is 11.6 Å². The van der Waals surface area contributed by atoms with Gasteiger partial charge in [-0.15, -0.1) is 24.0 Å². The Kier molecular flexibility index (Phi) is 8.02. The van der Waals surface area contributed by atoms with Crippen molar-refractivity contribution in [3.8, 4) is 0 Å². The zero-order valence-corrected chi connectivity index (χ0v) is 17.4. The number of hydrogen-bond acceptors (Lipinski definition) is 1. The van der Waals surface area contributed by atoms with Crippen LogP contribution in [0.3, 0.4) is 0 Å². The molecule has 0 radical (unpaired) electrons. The minimum atomic E-state index is -0.519. The number of hydrogen-bond donors (Lipinski definition) is 3. The molecule has 3 rings (SSSR count). The summed E-state index contributed by atoms with van der Waals surface area (Å²) in [4.78, 5) is 7.40. The van der Waals surface area contributed by atoms with Gasteiger partial charge in [-0.3, -0.25) is 4.99 Å². The first-order valence-corrected chi connectivity index (χ1v) is 8.61. The number of aromatic amines is 1. The molecule has 0 spiro atoms. The van der Waals surface area contributed by atoms with Gasteiger partial charge in [0.1, 0.15) is 11.6 Å². The molecular weight excluding hydrogens is 461 g/mol. The summed E-state index contributed by atoms with van der Waals surface area (Å²) in [5.74, 6) is -0.426. The number of para-hydroxylation sites is 1. The lowest BCUT2D eigenvalue weighted by Gasteiger charge is -2.12. The normalized spacial score (nSPS) is 11.3. The van der Waals surface area contributed by atoms with Gasteiger partial charge in [-0.1, -0.05) is 24.3 Å². The first-order chi connectivity index (χ1) is 12.7. The predicted octanol–water partition coefficient (Wildman–Crippen LogP) is 4.01. The van der Waals surface area contributed by atoms with Gasteiger partial charge < -0.3 is 15.6 Å². The summed E-state index contributed by atoms with van der Waals surface area (Å²) in [6, 6.07) is 12.1. The van der Waals surface area contributed by atoms with Crippen LogP contribution in [-0.4, -0.2) is 31.1 Å². The lowest BCUT2D eigenvalue weighted by molar-refractivity contribution is 0.553. The van der Waals surface area contributed by atoms with Crippen molar-refractivity contribution in [3.63, 3.8) is 0 Å². The fourth-order valence-corrected chi connectivity index (χ4v) is 2.95. The Bertz CT molecular complexity index is 888. The van der Waals surface area contributed by atoms with Crippen molar-refractivity contribution < 1.29 is 8.78 Å². The summed E-state index contributed by atoms with van der Waals surface area (Å²) in [7, 11) is 1.67. The van der Waals surface area contributed by atoms with E-state index in [-0.39, 0.29) is 36.0 Å². The van der Waals surface area contributed by atoms with E-state index in [9.17, 15) is 8.78 Å². The highest BCUT2D eigenvalue weighted by atomic mass is 127. The van der Waals surface area contributed by atoms with Crippen LogP contribution < -0.4 is 10.6 Å². The highest BCUT2D eigenvalue weighted by Gasteiger charge is 2.08. The number of fused-ring (bicyclic) bond motifs is 1. The third-order valence-electron chi connectivity index (χ3n) is 4.31. The second-order valence-corrected chi connectivity index (χ2v) is 5.99. The summed E-state index contributed by atoms with van der Waals surface area (Å²) >= 11 is 0. The van der Waals surface area contributed by atoms with Crippen LogP contribution >= 0.6 is 24.0 Å². The molecule has 27 heavy (non-hydrogen) atoms. The molecule has 0 aliphatic heterocycles. The lowest BCUT2D eigenvalue weighted by atomic mass is 10.1. The number of nitrogens with one attached hydrogen (secondary N) is 3. The zero-order valence-electron chi connectivity index (χ0n) is 15.1. The van der Waals surface area contributed by atoms with Gasteiger partial charge in [0, 0.05) is 42.8 Å². The van der Waals surface area contributed by atoms with Crippen LogP contribution in [0.1, 0.15) is 11.1 Å². The molecule has 0 saturated carbocycles. The standard InChI is InChI=1S/C20H22F2N4.HI/c1-23-20(25-12-10-16-17(21)6-4-7-18(16)22)24-11-9-14-13-26-19-8-3-2-5-15(14)19;/h2-8,13,26H,9-12H2,1H3,(H2,23,24,25);1H. The molecule has 0 aliphatic carbocycles. The average molecular weight is 484 g/mol. The van der Waals surface area contributed by atoms with Crippen LogP contribution in [0.4, 0.5) is 8.78 Å². The first kappa shape index (κ1) is 21.1. The number of aromatic nitrogens is 1. The van der Waals surface area contributed by atoms with Crippen molar-refractivity contribution in [2.75, 3.05) is 20.1 Å². The van der Waals surface area contributed by atoms with Crippen LogP contribution in [-0.2, 0) is 12.8 Å². The molecule has 2 aromatic carbocycles. The quantitative estimate of drug-likeness (QED) is 0.282. The van der Waals surface area contributed by atoms with Gasteiger partial charge in [-0.05, 0) is 36.6 Å². The number of benzene rings is 2. The predicted molar refractivity (Wildman–Crippen MR) is 117 cm³/mol. The molecule has 4 nitrogen and oxygen atoms in total. The van der Waals surface area contributed by atoms with Gasteiger partial charge in [0.25, 0.3) is 0 Å². The third-order valence-corrected chi connectivity index (χ3v) is 4.31. The molecule has 0 saturated heterocycles. The van der Waals surface area contributed by atoms with Crippen molar-refractivity contribution in [1.82, 2.24) is 15.6 Å². The fourth-order valence-electron chi connectivity index (χ4n) is 2.95. The average Bonchev–Trinajstić information content (AvgIpc) is 3.06. The second-order valence-electron chi connectivity index (χ2n) is 5.99. The van der Waals surface area contributed by atoms with Crippen LogP contribution in [0.25, 0.3) is 10.9 Å². The monoisotopic (exact) mass is 484 g/mol. The van der Waals surface area contributed by atoms with Crippen molar-refractivity contribution in [1.29, 1.82) is 0 Å². The number of rotatable bonds is 6. The van der Waals surface area contributed by atoms with Gasteiger partial charge >= 0.3 is 0 Å². The van der Waals surface area contributed by atoms with Crippen molar-refractivity contribution in [2.45, 2.75) is 12.8 Å². The summed E-state index contributed by atoms with van der Waals surface area (Å²) in [5.41, 5.74) is 2.45. The van der Waals surface area contributed by atoms with Gasteiger partial charge in [0.15, 0.2) is 5.96 Å². The summed E-state index contributed by atoms with van der Waals surface area (Å²) in [6.45, 7) is 1.10. The highest BCUT2D eigenvalue weighted by Crippen LogP contribution is 2.17. The van der Waals surface area contributed by atoms with Gasteiger partial charge in [-0.2, -0.15) is 0 Å². The van der Waals surface area contributed by atoms with Crippen LogP contribution in [0.5, 0.6) is 0 Å². The van der Waals surface area contributed by atoms with E-state index in [1.54, 1.807) is 7.05 Å². The van der Waals surface area contributed by atoms with Crippen molar-refractivity contribution in [2.24, 2.45) is 4.99 Å². The maximum absolute atomic E-state index is 13.6. The summed E-state index contributed by atoms with van der Waals surface area (Å²) in [6.07, 6.45) is 3.11. The van der Waals surface area contributed by atoms with E-state index in [2.05, 4.69) is 32.7 Å². The molecule has 0 bridgehead atoms. The van der Waals surface area contributed by atoms with Crippen LogP contribution in [0, 0.1) is 11.6 Å². The molecule has 3 aromatic rings. The van der Waals surface area contributed by atoms with E-state index in [1.165, 1.54) is 29.1 Å². The van der Waals surface area contributed by atoms with E-state index in [1.807, 2.05) is 18.3 Å². The van der Waals surface area contributed by atoms with Gasteiger partial charge in [0.2, 0.25) is 0 Å².